The van der Waals surface area contributed by atoms with Crippen LogP contribution in [0.25, 0.3) is 0 Å². The molecule has 1 N–H and O–H groups in total. The largest absolute Gasteiger partial charge is 0.324 e. The molecule has 2 aromatic rings. The van der Waals surface area contributed by atoms with Gasteiger partial charge in [-0.3, -0.25) is 4.79 Å². The number of amides is 1. The first-order chi connectivity index (χ1) is 10.9. The summed E-state index contributed by atoms with van der Waals surface area (Å²) in [4.78, 5) is 13.3. The molecule has 0 aliphatic carbocycles. The summed E-state index contributed by atoms with van der Waals surface area (Å²) in [5, 5.41) is 12.3. The quantitative estimate of drug-likeness (QED) is 0.805. The molecule has 5 heteroatoms. The lowest BCUT2D eigenvalue weighted by atomic mass is 10.1. The van der Waals surface area contributed by atoms with Crippen LogP contribution < -0.4 is 5.32 Å². The molecule has 1 amide bonds. The van der Waals surface area contributed by atoms with E-state index < -0.39 is 0 Å². The van der Waals surface area contributed by atoms with Crippen molar-refractivity contribution in [2.45, 2.75) is 25.7 Å². The molecule has 0 radical (unpaired) electrons. The zero-order valence-corrected chi connectivity index (χ0v) is 14.8. The van der Waals surface area contributed by atoms with Gasteiger partial charge in [0.25, 0.3) is 0 Å². The van der Waals surface area contributed by atoms with Gasteiger partial charge in [0, 0.05) is 9.92 Å². The Labute approximate surface area is 145 Å². The smallest absolute Gasteiger partial charge is 0.234 e. The summed E-state index contributed by atoms with van der Waals surface area (Å²) in [6.45, 7) is 6.15. The van der Waals surface area contributed by atoms with E-state index >= 15 is 0 Å². The number of nitrogens with zero attached hydrogens (tertiary/aromatic N) is 1. The van der Waals surface area contributed by atoms with E-state index in [4.69, 9.17) is 16.9 Å². The number of carbonyl (C=O) groups excluding carboxylic acids is 1. The minimum Gasteiger partial charge on any atom is -0.324 e. The van der Waals surface area contributed by atoms with Crippen molar-refractivity contribution in [2.24, 2.45) is 0 Å². The van der Waals surface area contributed by atoms with Gasteiger partial charge < -0.3 is 5.32 Å². The van der Waals surface area contributed by atoms with E-state index in [1.165, 1.54) is 28.5 Å². The van der Waals surface area contributed by atoms with Gasteiger partial charge in [0.2, 0.25) is 5.91 Å². The van der Waals surface area contributed by atoms with Crippen molar-refractivity contribution in [3.63, 3.8) is 0 Å². The van der Waals surface area contributed by atoms with Crippen molar-refractivity contribution in [3.05, 3.63) is 57.6 Å². The number of aryl methyl sites for hydroxylation is 3. The van der Waals surface area contributed by atoms with E-state index in [0.29, 0.717) is 16.3 Å². The summed E-state index contributed by atoms with van der Waals surface area (Å²) < 4.78 is 0. The van der Waals surface area contributed by atoms with Gasteiger partial charge in [0.1, 0.15) is 6.07 Å². The van der Waals surface area contributed by atoms with E-state index in [1.807, 2.05) is 19.9 Å². The third kappa shape index (κ3) is 4.51. The number of benzene rings is 2. The van der Waals surface area contributed by atoms with Gasteiger partial charge >= 0.3 is 0 Å². The fraction of sp³-hybridized carbons (Fsp3) is 0.222. The van der Waals surface area contributed by atoms with Crippen LogP contribution >= 0.6 is 23.4 Å². The first kappa shape index (κ1) is 17.4. The molecule has 3 nitrogen and oxygen atoms in total. The molecule has 0 bridgehead atoms. The van der Waals surface area contributed by atoms with E-state index in [0.717, 1.165) is 4.90 Å². The molecule has 0 atom stereocenters. The maximum Gasteiger partial charge on any atom is 0.234 e. The van der Waals surface area contributed by atoms with Gasteiger partial charge in [-0.2, -0.15) is 5.26 Å². The topological polar surface area (TPSA) is 52.9 Å². The van der Waals surface area contributed by atoms with Gasteiger partial charge in [-0.1, -0.05) is 29.3 Å². The van der Waals surface area contributed by atoms with Crippen LogP contribution in [-0.4, -0.2) is 11.7 Å². The number of hydrogen-bond donors (Lipinski definition) is 1. The van der Waals surface area contributed by atoms with Crippen molar-refractivity contribution in [3.8, 4) is 6.07 Å². The lowest BCUT2D eigenvalue weighted by molar-refractivity contribution is -0.113. The minimum absolute atomic E-state index is 0.159. The second-order valence-electron chi connectivity index (χ2n) is 5.37. The zero-order valence-electron chi connectivity index (χ0n) is 13.2. The van der Waals surface area contributed by atoms with Gasteiger partial charge in [0.15, 0.2) is 0 Å². The minimum atomic E-state index is -0.159. The highest BCUT2D eigenvalue weighted by Gasteiger charge is 2.11. The Kier molecular flexibility index (Phi) is 5.70. The predicted octanol–water partition coefficient (Wildman–Crippen LogP) is 4.87. The number of nitriles is 1. The van der Waals surface area contributed by atoms with Crippen LogP contribution in [0.15, 0.2) is 35.2 Å². The van der Waals surface area contributed by atoms with Crippen LogP contribution in [0.4, 0.5) is 5.69 Å². The van der Waals surface area contributed by atoms with Gasteiger partial charge in [-0.15, -0.1) is 11.8 Å². The van der Waals surface area contributed by atoms with Crippen molar-refractivity contribution in [2.75, 3.05) is 11.1 Å². The van der Waals surface area contributed by atoms with Crippen LogP contribution in [0, 0.1) is 32.1 Å². The van der Waals surface area contributed by atoms with Gasteiger partial charge in [0.05, 0.1) is 17.0 Å². The van der Waals surface area contributed by atoms with Gasteiger partial charge in [-0.25, -0.2) is 0 Å². The Bertz CT molecular complexity index is 773. The molecule has 0 unspecified atom stereocenters. The van der Waals surface area contributed by atoms with Crippen LogP contribution in [0.2, 0.25) is 5.02 Å². The summed E-state index contributed by atoms with van der Waals surface area (Å²) in [5.74, 6) is 0.121. The molecule has 0 saturated heterocycles. The first-order valence-corrected chi connectivity index (χ1v) is 8.47. The molecular formula is C18H17ClN2OS. The molecule has 0 aliphatic heterocycles. The molecule has 23 heavy (non-hydrogen) atoms. The Morgan fingerprint density at radius 2 is 1.87 bits per heavy atom. The SMILES string of the molecule is Cc1cc(C)c(SCC(=O)Nc2cc(Cl)ccc2C#N)c(C)c1. The summed E-state index contributed by atoms with van der Waals surface area (Å²) >= 11 is 7.42. The van der Waals surface area contributed by atoms with Crippen molar-refractivity contribution >= 4 is 35.0 Å². The van der Waals surface area contributed by atoms with E-state index in [2.05, 4.69) is 24.4 Å². The maximum atomic E-state index is 12.2. The lowest BCUT2D eigenvalue weighted by Gasteiger charge is -2.11. The molecule has 0 saturated carbocycles. The fourth-order valence-corrected chi connectivity index (χ4v) is 3.53. The highest BCUT2D eigenvalue weighted by Crippen LogP contribution is 2.28. The predicted molar refractivity (Wildman–Crippen MR) is 96.2 cm³/mol. The van der Waals surface area contributed by atoms with Crippen LogP contribution in [0.1, 0.15) is 22.3 Å². The summed E-state index contributed by atoms with van der Waals surface area (Å²) in [7, 11) is 0. The zero-order chi connectivity index (χ0) is 17.0. The summed E-state index contributed by atoms with van der Waals surface area (Å²) in [5.41, 5.74) is 4.39. The normalized spacial score (nSPS) is 10.2. The molecule has 118 valence electrons. The standard InChI is InChI=1S/C18H17ClN2OS/c1-11-6-12(2)18(13(3)7-11)23-10-17(22)21-16-8-15(19)5-4-14(16)9-20/h4-8H,10H2,1-3H3,(H,21,22). The van der Waals surface area contributed by atoms with Crippen LogP contribution in [-0.2, 0) is 4.79 Å². The Morgan fingerprint density at radius 1 is 1.22 bits per heavy atom. The summed E-state index contributed by atoms with van der Waals surface area (Å²) in [6, 6.07) is 11.1. The summed E-state index contributed by atoms with van der Waals surface area (Å²) in [6.07, 6.45) is 0. The molecular weight excluding hydrogens is 328 g/mol. The number of carbonyl (C=O) groups is 1. The first-order valence-electron chi connectivity index (χ1n) is 7.11. The number of halogens is 1. The molecule has 2 aromatic carbocycles. The second-order valence-corrected chi connectivity index (χ2v) is 6.79. The second kappa shape index (κ2) is 7.54. The molecule has 2 rings (SSSR count). The average Bonchev–Trinajstić information content (AvgIpc) is 2.46. The molecule has 0 fully saturated rings. The fourth-order valence-electron chi connectivity index (χ4n) is 2.44. The lowest BCUT2D eigenvalue weighted by Crippen LogP contribution is -2.15. The Morgan fingerprint density at radius 3 is 2.48 bits per heavy atom. The van der Waals surface area contributed by atoms with Crippen molar-refractivity contribution in [1.82, 2.24) is 0 Å². The Hall–Kier alpha value is -1.96. The average molecular weight is 345 g/mol. The highest BCUT2D eigenvalue weighted by molar-refractivity contribution is 8.00. The van der Waals surface area contributed by atoms with Crippen molar-refractivity contribution in [1.29, 1.82) is 5.26 Å². The van der Waals surface area contributed by atoms with E-state index in [1.54, 1.807) is 18.2 Å². The molecule has 0 aromatic heterocycles. The van der Waals surface area contributed by atoms with Crippen LogP contribution in [0.3, 0.4) is 0 Å². The third-order valence-corrected chi connectivity index (χ3v) is 4.90. The molecule has 0 aliphatic rings. The highest BCUT2D eigenvalue weighted by atomic mass is 35.5. The number of rotatable bonds is 4. The van der Waals surface area contributed by atoms with E-state index in [9.17, 15) is 4.79 Å². The molecule has 0 spiro atoms. The number of hydrogen-bond acceptors (Lipinski definition) is 3. The monoisotopic (exact) mass is 344 g/mol. The van der Waals surface area contributed by atoms with Crippen LogP contribution in [0.5, 0.6) is 0 Å². The van der Waals surface area contributed by atoms with Gasteiger partial charge in [-0.05, 0) is 50.1 Å². The molecule has 0 heterocycles. The Balaban J connectivity index is 2.07. The number of nitrogens with one attached hydrogen (secondary N) is 1. The van der Waals surface area contributed by atoms with Crippen molar-refractivity contribution < 1.29 is 4.79 Å². The number of anilines is 1. The maximum absolute atomic E-state index is 12.2. The third-order valence-electron chi connectivity index (χ3n) is 3.33. The van der Waals surface area contributed by atoms with E-state index in [-0.39, 0.29) is 11.7 Å². The number of thioether (sulfide) groups is 1.